The number of alkyl halides is 3. The Kier molecular flexibility index (Phi) is 11.3. The smallest absolute Gasteiger partial charge is 0.389 e. The fourth-order valence-electron chi connectivity index (χ4n) is 3.02. The molecule has 1 N–H and O–H groups in total. The molecule has 1 fully saturated rings. The number of rotatable bonds is 7. The quantitative estimate of drug-likeness (QED) is 0.718. The van der Waals surface area contributed by atoms with Gasteiger partial charge in [0.1, 0.15) is 0 Å². The number of piperazine rings is 1. The van der Waals surface area contributed by atoms with Gasteiger partial charge in [0, 0.05) is 38.6 Å². The number of halogens is 5. The number of hydrogen-bond acceptors (Lipinski definition) is 4. The lowest BCUT2D eigenvalue weighted by Gasteiger charge is -2.35. The van der Waals surface area contributed by atoms with Crippen molar-refractivity contribution in [2.75, 3.05) is 39.9 Å². The molecule has 0 bridgehead atoms. The molecular weight excluding hydrogens is 392 g/mol. The third-order valence-electron chi connectivity index (χ3n) is 4.17. The molecule has 26 heavy (non-hydrogen) atoms. The van der Waals surface area contributed by atoms with Crippen LogP contribution in [0.5, 0.6) is 11.5 Å². The van der Waals surface area contributed by atoms with E-state index in [1.54, 1.807) is 12.1 Å². The molecule has 0 radical (unpaired) electrons. The summed E-state index contributed by atoms with van der Waals surface area (Å²) in [5, 5.41) is 3.23. The summed E-state index contributed by atoms with van der Waals surface area (Å²) in [4.78, 5) is 2.11. The summed E-state index contributed by atoms with van der Waals surface area (Å²) in [7, 11) is 1.54. The van der Waals surface area contributed by atoms with Crippen LogP contribution in [0.2, 0.25) is 0 Å². The van der Waals surface area contributed by atoms with Gasteiger partial charge in [0.05, 0.1) is 13.7 Å². The van der Waals surface area contributed by atoms with E-state index in [4.69, 9.17) is 9.47 Å². The molecular formula is C17H27Cl2F3N2O2. The summed E-state index contributed by atoms with van der Waals surface area (Å²) in [6.07, 6.45) is -4.90. The number of methoxy groups -OCH3 is 1. The van der Waals surface area contributed by atoms with Gasteiger partial charge < -0.3 is 14.8 Å². The van der Waals surface area contributed by atoms with Gasteiger partial charge in [0.25, 0.3) is 0 Å². The van der Waals surface area contributed by atoms with E-state index in [2.05, 4.69) is 10.2 Å². The molecule has 2 rings (SSSR count). The largest absolute Gasteiger partial charge is 0.493 e. The standard InChI is InChI=1S/C17H25F3N2O2.2ClH/c1-3-24-15-5-4-13(12-16(15)23-2)14(6-7-17(18,19)20)22-10-8-21-9-11-22;;/h4-5,12,14,21H,3,6-11H2,1-2H3;2*1H/t14-;;/m1../s1. The van der Waals surface area contributed by atoms with Crippen molar-refractivity contribution in [1.82, 2.24) is 10.2 Å². The average Bonchev–Trinajstić information content (AvgIpc) is 2.56. The Balaban J connectivity index is 0.00000312. The summed E-state index contributed by atoms with van der Waals surface area (Å²) >= 11 is 0. The van der Waals surface area contributed by atoms with Crippen LogP contribution in [0.3, 0.4) is 0 Å². The SMILES string of the molecule is CCOc1ccc([C@@H](CCC(F)(F)F)N2CCNCC2)cc1OC.Cl.Cl. The predicted octanol–water partition coefficient (Wildman–Crippen LogP) is 4.23. The van der Waals surface area contributed by atoms with Gasteiger partial charge in [-0.15, -0.1) is 24.8 Å². The first-order valence-electron chi connectivity index (χ1n) is 8.27. The van der Waals surface area contributed by atoms with Gasteiger partial charge in [-0.1, -0.05) is 6.07 Å². The Morgan fingerprint density at radius 1 is 1.15 bits per heavy atom. The fourth-order valence-corrected chi connectivity index (χ4v) is 3.02. The van der Waals surface area contributed by atoms with E-state index >= 15 is 0 Å². The molecule has 9 heteroatoms. The molecule has 0 saturated carbocycles. The van der Waals surface area contributed by atoms with Crippen molar-refractivity contribution in [2.24, 2.45) is 0 Å². The van der Waals surface area contributed by atoms with Crippen molar-refractivity contribution in [3.63, 3.8) is 0 Å². The number of benzene rings is 1. The van der Waals surface area contributed by atoms with E-state index in [1.807, 2.05) is 13.0 Å². The second-order valence-electron chi connectivity index (χ2n) is 5.80. The Morgan fingerprint density at radius 2 is 1.81 bits per heavy atom. The highest BCUT2D eigenvalue weighted by Crippen LogP contribution is 2.36. The van der Waals surface area contributed by atoms with Gasteiger partial charge in [-0.3, -0.25) is 4.90 Å². The van der Waals surface area contributed by atoms with Crippen LogP contribution in [0.4, 0.5) is 13.2 Å². The zero-order valence-corrected chi connectivity index (χ0v) is 16.6. The van der Waals surface area contributed by atoms with Gasteiger partial charge in [0.15, 0.2) is 11.5 Å². The number of nitrogens with zero attached hydrogens (tertiary/aromatic N) is 1. The Morgan fingerprint density at radius 3 is 2.35 bits per heavy atom. The number of hydrogen-bond donors (Lipinski definition) is 1. The minimum absolute atomic E-state index is 0. The summed E-state index contributed by atoms with van der Waals surface area (Å²) in [6.45, 7) is 5.43. The lowest BCUT2D eigenvalue weighted by molar-refractivity contribution is -0.138. The van der Waals surface area contributed by atoms with Crippen molar-refractivity contribution in [2.45, 2.75) is 32.0 Å². The van der Waals surface area contributed by atoms with Crippen LogP contribution >= 0.6 is 24.8 Å². The van der Waals surface area contributed by atoms with Gasteiger partial charge in [0.2, 0.25) is 0 Å². The van der Waals surface area contributed by atoms with Gasteiger partial charge in [-0.05, 0) is 31.0 Å². The molecule has 1 heterocycles. The first-order valence-corrected chi connectivity index (χ1v) is 8.27. The molecule has 0 amide bonds. The lowest BCUT2D eigenvalue weighted by Crippen LogP contribution is -2.45. The highest BCUT2D eigenvalue weighted by atomic mass is 35.5. The highest BCUT2D eigenvalue weighted by Gasteiger charge is 2.31. The fraction of sp³-hybridized carbons (Fsp3) is 0.647. The Hall–Kier alpha value is -0.890. The monoisotopic (exact) mass is 418 g/mol. The van der Waals surface area contributed by atoms with Gasteiger partial charge in [-0.2, -0.15) is 13.2 Å². The van der Waals surface area contributed by atoms with E-state index in [1.165, 1.54) is 7.11 Å². The first kappa shape index (κ1) is 25.1. The third-order valence-corrected chi connectivity index (χ3v) is 4.17. The minimum atomic E-state index is -4.15. The summed E-state index contributed by atoms with van der Waals surface area (Å²) in [5.74, 6) is 1.17. The molecule has 1 atom stereocenters. The molecule has 4 nitrogen and oxygen atoms in total. The van der Waals surface area contributed by atoms with Crippen molar-refractivity contribution in [3.8, 4) is 11.5 Å². The van der Waals surface area contributed by atoms with Crippen molar-refractivity contribution < 1.29 is 22.6 Å². The zero-order valence-electron chi connectivity index (χ0n) is 15.0. The molecule has 1 saturated heterocycles. The van der Waals surface area contributed by atoms with E-state index in [0.717, 1.165) is 31.7 Å². The lowest BCUT2D eigenvalue weighted by atomic mass is 9.98. The Bertz CT molecular complexity index is 527. The van der Waals surface area contributed by atoms with E-state index in [0.29, 0.717) is 18.1 Å². The molecule has 0 aliphatic carbocycles. The summed E-state index contributed by atoms with van der Waals surface area (Å²) in [6, 6.07) is 5.14. The molecule has 1 aromatic rings. The molecule has 1 aliphatic rings. The predicted molar refractivity (Wildman–Crippen MR) is 101 cm³/mol. The number of nitrogens with one attached hydrogen (secondary N) is 1. The Labute approximate surface area is 165 Å². The van der Waals surface area contributed by atoms with Crippen LogP contribution in [-0.2, 0) is 0 Å². The third kappa shape index (κ3) is 7.39. The van der Waals surface area contributed by atoms with E-state index < -0.39 is 12.6 Å². The second kappa shape index (κ2) is 11.7. The molecule has 0 unspecified atom stereocenters. The van der Waals surface area contributed by atoms with Crippen LogP contribution in [0.15, 0.2) is 18.2 Å². The number of ether oxygens (including phenoxy) is 2. The van der Waals surface area contributed by atoms with Crippen molar-refractivity contribution in [1.29, 1.82) is 0 Å². The van der Waals surface area contributed by atoms with Gasteiger partial charge in [-0.25, -0.2) is 0 Å². The van der Waals surface area contributed by atoms with E-state index in [9.17, 15) is 13.2 Å². The van der Waals surface area contributed by atoms with Gasteiger partial charge >= 0.3 is 6.18 Å². The van der Waals surface area contributed by atoms with Crippen LogP contribution in [0.25, 0.3) is 0 Å². The van der Waals surface area contributed by atoms with Crippen LogP contribution in [0, 0.1) is 0 Å². The second-order valence-corrected chi connectivity index (χ2v) is 5.80. The maximum Gasteiger partial charge on any atom is 0.389 e. The van der Waals surface area contributed by atoms with Crippen molar-refractivity contribution in [3.05, 3.63) is 23.8 Å². The molecule has 1 aromatic carbocycles. The summed E-state index contributed by atoms with van der Waals surface area (Å²) < 4.78 is 49.0. The maximum absolute atomic E-state index is 12.7. The van der Waals surface area contributed by atoms with Crippen LogP contribution in [-0.4, -0.2) is 51.0 Å². The molecule has 0 aromatic heterocycles. The van der Waals surface area contributed by atoms with Crippen molar-refractivity contribution >= 4 is 24.8 Å². The topological polar surface area (TPSA) is 33.7 Å². The van der Waals surface area contributed by atoms with E-state index in [-0.39, 0.29) is 37.3 Å². The normalized spacial score (nSPS) is 16.2. The van der Waals surface area contributed by atoms with Crippen LogP contribution in [0.1, 0.15) is 31.4 Å². The highest BCUT2D eigenvalue weighted by molar-refractivity contribution is 5.85. The maximum atomic E-state index is 12.7. The van der Waals surface area contributed by atoms with Crippen LogP contribution < -0.4 is 14.8 Å². The molecule has 1 aliphatic heterocycles. The summed E-state index contributed by atoms with van der Waals surface area (Å²) in [5.41, 5.74) is 0.835. The average molecular weight is 419 g/mol. The zero-order chi connectivity index (χ0) is 17.6. The minimum Gasteiger partial charge on any atom is -0.493 e. The molecule has 0 spiro atoms. The first-order chi connectivity index (χ1) is 11.4. The molecule has 152 valence electrons.